The van der Waals surface area contributed by atoms with Crippen molar-refractivity contribution in [1.29, 1.82) is 0 Å². The van der Waals surface area contributed by atoms with E-state index < -0.39 is 0 Å². The first-order valence-corrected chi connectivity index (χ1v) is 3.84. The van der Waals surface area contributed by atoms with E-state index in [4.69, 9.17) is 5.84 Å². The first kappa shape index (κ1) is 10.0. The fourth-order valence-electron chi connectivity index (χ4n) is 1.28. The molecule has 0 aromatic carbocycles. The van der Waals surface area contributed by atoms with Crippen molar-refractivity contribution < 1.29 is 0 Å². The lowest BCUT2D eigenvalue weighted by molar-refractivity contribution is 0.481. The largest absolute Gasteiger partial charge is 0.291 e. The van der Waals surface area contributed by atoms with Crippen LogP contribution in [0.4, 0.5) is 0 Å². The second-order valence-electron chi connectivity index (χ2n) is 2.74. The van der Waals surface area contributed by atoms with E-state index in [2.05, 4.69) is 10.1 Å². The summed E-state index contributed by atoms with van der Waals surface area (Å²) in [6, 6.07) is 1.91. The van der Waals surface area contributed by atoms with Gasteiger partial charge in [0.15, 0.2) is 5.84 Å². The Bertz CT molecular complexity index is 318. The number of amidine groups is 1. The molecule has 0 bridgehead atoms. The topological polar surface area (TPSA) is 59.4 Å². The summed E-state index contributed by atoms with van der Waals surface area (Å²) in [6.07, 6.45) is 1.74. The minimum Gasteiger partial charge on any atom is -0.291 e. The third-order valence-corrected chi connectivity index (χ3v) is 1.92. The highest BCUT2D eigenvalue weighted by atomic mass is 35.5. The number of nitrogens with zero attached hydrogens (tertiary/aromatic N) is 4. The van der Waals surface area contributed by atoms with Gasteiger partial charge in [0.05, 0.1) is 13.1 Å². The van der Waals surface area contributed by atoms with Gasteiger partial charge in [0, 0.05) is 13.2 Å². The number of hydrazine groups is 1. The molecule has 2 heterocycles. The number of hydrogen-bond donors (Lipinski definition) is 1. The summed E-state index contributed by atoms with van der Waals surface area (Å²) in [4.78, 5) is 4.28. The number of rotatable bonds is 1. The molecule has 0 atom stereocenters. The summed E-state index contributed by atoms with van der Waals surface area (Å²) < 4.78 is 1.77. The van der Waals surface area contributed by atoms with Crippen LogP contribution in [0.2, 0.25) is 0 Å². The highest BCUT2D eigenvalue weighted by Gasteiger charge is 2.17. The number of aryl methyl sites for hydroxylation is 1. The number of aromatic nitrogens is 2. The summed E-state index contributed by atoms with van der Waals surface area (Å²) in [7, 11) is 1.88. The lowest BCUT2D eigenvalue weighted by Gasteiger charge is -2.12. The summed E-state index contributed by atoms with van der Waals surface area (Å²) in [6.45, 7) is 1.57. The summed E-state index contributed by atoms with van der Waals surface area (Å²) in [5.74, 6) is 6.53. The van der Waals surface area contributed by atoms with Crippen LogP contribution in [0, 0.1) is 0 Å². The Labute approximate surface area is 82.6 Å². The molecule has 2 N–H and O–H groups in total. The van der Waals surface area contributed by atoms with Crippen LogP contribution in [0.3, 0.4) is 0 Å². The molecule has 0 saturated carbocycles. The average Bonchev–Trinajstić information content (AvgIpc) is 2.59. The van der Waals surface area contributed by atoms with Gasteiger partial charge in [-0.1, -0.05) is 0 Å². The van der Waals surface area contributed by atoms with Gasteiger partial charge in [0.1, 0.15) is 5.69 Å². The van der Waals surface area contributed by atoms with E-state index >= 15 is 0 Å². The van der Waals surface area contributed by atoms with Crippen molar-refractivity contribution in [2.75, 3.05) is 13.1 Å². The Kier molecular flexibility index (Phi) is 2.90. The van der Waals surface area contributed by atoms with Crippen LogP contribution in [0.5, 0.6) is 0 Å². The van der Waals surface area contributed by atoms with Crippen LogP contribution in [0.1, 0.15) is 5.69 Å². The van der Waals surface area contributed by atoms with Crippen molar-refractivity contribution in [3.8, 4) is 0 Å². The van der Waals surface area contributed by atoms with Gasteiger partial charge in [-0.3, -0.25) is 14.7 Å². The Morgan fingerprint density at radius 3 is 2.77 bits per heavy atom. The van der Waals surface area contributed by atoms with E-state index in [1.807, 2.05) is 13.1 Å². The van der Waals surface area contributed by atoms with Crippen molar-refractivity contribution >= 4 is 18.2 Å². The SMILES string of the molecule is Cl.Cn1nccc1C1=NCCN1N. The fourth-order valence-corrected chi connectivity index (χ4v) is 1.28. The van der Waals surface area contributed by atoms with Crippen molar-refractivity contribution in [1.82, 2.24) is 14.8 Å². The highest BCUT2D eigenvalue weighted by Crippen LogP contribution is 2.05. The first-order valence-electron chi connectivity index (χ1n) is 3.84. The Morgan fingerprint density at radius 1 is 1.54 bits per heavy atom. The lowest BCUT2D eigenvalue weighted by atomic mass is 10.4. The lowest BCUT2D eigenvalue weighted by Crippen LogP contribution is -2.36. The molecule has 0 radical (unpaired) electrons. The van der Waals surface area contributed by atoms with E-state index in [1.165, 1.54) is 0 Å². The van der Waals surface area contributed by atoms with Crippen molar-refractivity contribution in [3.05, 3.63) is 18.0 Å². The van der Waals surface area contributed by atoms with E-state index in [9.17, 15) is 0 Å². The molecule has 0 saturated heterocycles. The van der Waals surface area contributed by atoms with Crippen LogP contribution < -0.4 is 5.84 Å². The van der Waals surface area contributed by atoms with E-state index in [0.29, 0.717) is 0 Å². The molecule has 0 amide bonds. The van der Waals surface area contributed by atoms with Gasteiger partial charge in [-0.2, -0.15) is 5.10 Å². The Morgan fingerprint density at radius 2 is 2.31 bits per heavy atom. The fraction of sp³-hybridized carbons (Fsp3) is 0.429. The smallest absolute Gasteiger partial charge is 0.163 e. The monoisotopic (exact) mass is 201 g/mol. The number of aliphatic imine (C=N–C) groups is 1. The van der Waals surface area contributed by atoms with Crippen LogP contribution in [-0.4, -0.2) is 33.7 Å². The molecule has 72 valence electrons. The molecule has 0 aliphatic carbocycles. The summed E-state index contributed by atoms with van der Waals surface area (Å²) in [5, 5.41) is 5.70. The Hall–Kier alpha value is -1.07. The second-order valence-corrected chi connectivity index (χ2v) is 2.74. The predicted molar refractivity (Wildman–Crippen MR) is 52.8 cm³/mol. The Balaban J connectivity index is 0.000000845. The van der Waals surface area contributed by atoms with Crippen LogP contribution in [0.15, 0.2) is 17.3 Å². The third kappa shape index (κ3) is 1.66. The summed E-state index contributed by atoms with van der Waals surface area (Å²) >= 11 is 0. The van der Waals surface area contributed by atoms with Gasteiger partial charge in [0.2, 0.25) is 0 Å². The van der Waals surface area contributed by atoms with E-state index in [-0.39, 0.29) is 12.4 Å². The predicted octanol–water partition coefficient (Wildman–Crippen LogP) is -0.222. The zero-order chi connectivity index (χ0) is 8.55. The normalized spacial score (nSPS) is 15.5. The van der Waals surface area contributed by atoms with Gasteiger partial charge in [-0.05, 0) is 6.07 Å². The second kappa shape index (κ2) is 3.76. The molecule has 1 aromatic rings. The van der Waals surface area contributed by atoms with Crippen LogP contribution in [-0.2, 0) is 7.05 Å². The minimum atomic E-state index is 0. The standard InChI is InChI=1S/C7H11N5.ClH/c1-11-6(2-3-10-11)7-9-4-5-12(7)8;/h2-3H,4-5,8H2,1H3;1H. The molecule has 1 aromatic heterocycles. The van der Waals surface area contributed by atoms with Crippen molar-refractivity contribution in [2.24, 2.45) is 17.9 Å². The van der Waals surface area contributed by atoms with Gasteiger partial charge < -0.3 is 0 Å². The van der Waals surface area contributed by atoms with Crippen LogP contribution in [0.25, 0.3) is 0 Å². The zero-order valence-electron chi connectivity index (χ0n) is 7.34. The molecule has 2 rings (SSSR count). The van der Waals surface area contributed by atoms with Crippen molar-refractivity contribution in [3.63, 3.8) is 0 Å². The first-order chi connectivity index (χ1) is 5.79. The summed E-state index contributed by atoms with van der Waals surface area (Å²) in [5.41, 5.74) is 0.968. The zero-order valence-corrected chi connectivity index (χ0v) is 8.16. The molecule has 0 spiro atoms. The van der Waals surface area contributed by atoms with Crippen LogP contribution >= 0.6 is 12.4 Å². The van der Waals surface area contributed by atoms with E-state index in [0.717, 1.165) is 24.6 Å². The number of halogens is 1. The minimum absolute atomic E-state index is 0. The molecule has 0 fully saturated rings. The maximum absolute atomic E-state index is 5.70. The molecular formula is C7H12ClN5. The number of hydrogen-bond acceptors (Lipinski definition) is 4. The maximum atomic E-state index is 5.70. The quantitative estimate of drug-likeness (QED) is 0.639. The number of nitrogens with two attached hydrogens (primary N) is 1. The molecule has 13 heavy (non-hydrogen) atoms. The maximum Gasteiger partial charge on any atom is 0.163 e. The molecule has 1 aliphatic heterocycles. The van der Waals surface area contributed by atoms with E-state index in [1.54, 1.807) is 15.9 Å². The van der Waals surface area contributed by atoms with Gasteiger partial charge in [0.25, 0.3) is 0 Å². The molecule has 1 aliphatic rings. The molecular weight excluding hydrogens is 190 g/mol. The molecule has 0 unspecified atom stereocenters. The van der Waals surface area contributed by atoms with Crippen molar-refractivity contribution in [2.45, 2.75) is 0 Å². The highest BCUT2D eigenvalue weighted by molar-refractivity contribution is 5.97. The van der Waals surface area contributed by atoms with Gasteiger partial charge in [-0.15, -0.1) is 12.4 Å². The van der Waals surface area contributed by atoms with Gasteiger partial charge >= 0.3 is 0 Å². The third-order valence-electron chi connectivity index (χ3n) is 1.92. The average molecular weight is 202 g/mol. The van der Waals surface area contributed by atoms with Gasteiger partial charge in [-0.25, -0.2) is 5.84 Å². The molecule has 6 heteroatoms. The molecule has 5 nitrogen and oxygen atoms in total.